The molecule has 0 aliphatic heterocycles. The van der Waals surface area contributed by atoms with E-state index in [1.807, 2.05) is 24.3 Å². The number of fused-ring (bicyclic) bond motifs is 1. The summed E-state index contributed by atoms with van der Waals surface area (Å²) in [7, 11) is 0. The predicted molar refractivity (Wildman–Crippen MR) is 138 cm³/mol. The van der Waals surface area contributed by atoms with Crippen molar-refractivity contribution in [2.45, 2.75) is 73.2 Å². The molecule has 3 aromatic rings. The highest BCUT2D eigenvalue weighted by atomic mass is 32.2. The second-order valence-electron chi connectivity index (χ2n) is 9.46. The monoisotopic (exact) mass is 504 g/mol. The molecule has 36 heavy (non-hydrogen) atoms. The molecular formula is C27H28N4O4S. The predicted octanol–water partition coefficient (Wildman–Crippen LogP) is 5.64. The first-order valence-electron chi connectivity index (χ1n) is 12.4. The maximum atomic E-state index is 13.7. The Morgan fingerprint density at radius 2 is 1.58 bits per heavy atom. The Bertz CT molecular complexity index is 1310. The van der Waals surface area contributed by atoms with Crippen LogP contribution in [0.15, 0.2) is 58.6 Å². The molecule has 0 saturated heterocycles. The fourth-order valence-corrected chi connectivity index (χ4v) is 6.40. The van der Waals surface area contributed by atoms with E-state index < -0.39 is 10.8 Å². The molecule has 9 heteroatoms. The zero-order valence-electron chi connectivity index (χ0n) is 19.9. The van der Waals surface area contributed by atoms with Gasteiger partial charge in [0, 0.05) is 40.8 Å². The third-order valence-electron chi connectivity index (χ3n) is 7.04. The summed E-state index contributed by atoms with van der Waals surface area (Å²) in [6, 6.07) is 10.3. The lowest BCUT2D eigenvalue weighted by Crippen LogP contribution is -2.37. The van der Waals surface area contributed by atoms with Crippen molar-refractivity contribution in [1.29, 1.82) is 0 Å². The highest BCUT2D eigenvalue weighted by Gasteiger charge is 2.31. The van der Waals surface area contributed by atoms with E-state index in [2.05, 4.69) is 15.6 Å². The molecule has 2 N–H and O–H groups in total. The molecule has 0 radical (unpaired) electrons. The molecule has 1 aromatic heterocycles. The van der Waals surface area contributed by atoms with E-state index in [0.29, 0.717) is 0 Å². The Labute approximate surface area is 213 Å². The summed E-state index contributed by atoms with van der Waals surface area (Å²) >= 11 is 1.15. The molecular weight excluding hydrogens is 476 g/mol. The number of carbonyl (C=O) groups is 2. The van der Waals surface area contributed by atoms with Crippen LogP contribution in [0.2, 0.25) is 0 Å². The van der Waals surface area contributed by atoms with E-state index in [4.69, 9.17) is 0 Å². The maximum absolute atomic E-state index is 13.7. The Kier molecular flexibility index (Phi) is 7.18. The summed E-state index contributed by atoms with van der Waals surface area (Å²) in [5, 5.41) is 20.0. The first-order valence-corrected chi connectivity index (χ1v) is 13.3. The van der Waals surface area contributed by atoms with Crippen LogP contribution >= 0.6 is 11.8 Å². The molecule has 2 aromatic carbocycles. The van der Waals surface area contributed by atoms with Gasteiger partial charge >= 0.3 is 0 Å². The van der Waals surface area contributed by atoms with Gasteiger partial charge in [0.1, 0.15) is 4.90 Å². The number of benzene rings is 2. The van der Waals surface area contributed by atoms with Crippen molar-refractivity contribution < 1.29 is 14.5 Å². The average Bonchev–Trinajstić information content (AvgIpc) is 3.58. The molecule has 2 saturated carbocycles. The minimum Gasteiger partial charge on any atom is -0.349 e. The van der Waals surface area contributed by atoms with Crippen LogP contribution in [-0.4, -0.2) is 33.8 Å². The number of nitrogens with one attached hydrogen (secondary N) is 2. The van der Waals surface area contributed by atoms with Crippen molar-refractivity contribution in [2.24, 2.45) is 0 Å². The molecule has 5 rings (SSSR count). The van der Waals surface area contributed by atoms with Gasteiger partial charge in [0.2, 0.25) is 0 Å². The van der Waals surface area contributed by atoms with Crippen LogP contribution in [0, 0.1) is 10.1 Å². The Balaban J connectivity index is 1.62. The molecule has 2 amide bonds. The van der Waals surface area contributed by atoms with Gasteiger partial charge in [-0.25, -0.2) is 0 Å². The molecule has 2 aliphatic rings. The second-order valence-corrected chi connectivity index (χ2v) is 10.5. The zero-order valence-corrected chi connectivity index (χ0v) is 20.7. The lowest BCUT2D eigenvalue weighted by molar-refractivity contribution is -0.387. The third kappa shape index (κ3) is 5.06. The van der Waals surface area contributed by atoms with Crippen molar-refractivity contribution in [1.82, 2.24) is 15.6 Å². The molecule has 8 nitrogen and oxygen atoms in total. The maximum Gasteiger partial charge on any atom is 0.284 e. The molecule has 2 fully saturated rings. The van der Waals surface area contributed by atoms with Gasteiger partial charge in [-0.05, 0) is 49.3 Å². The number of hydrogen-bond donors (Lipinski definition) is 2. The Morgan fingerprint density at radius 3 is 2.25 bits per heavy atom. The van der Waals surface area contributed by atoms with Crippen LogP contribution in [0.3, 0.4) is 0 Å². The van der Waals surface area contributed by atoms with Gasteiger partial charge in [-0.2, -0.15) is 0 Å². The van der Waals surface area contributed by atoms with Crippen LogP contribution in [0.1, 0.15) is 72.1 Å². The molecule has 0 atom stereocenters. The minimum absolute atomic E-state index is 0.00369. The summed E-state index contributed by atoms with van der Waals surface area (Å²) in [6.07, 6.45) is 11.1. The number of amides is 2. The van der Waals surface area contributed by atoms with Gasteiger partial charge in [0.15, 0.2) is 0 Å². The summed E-state index contributed by atoms with van der Waals surface area (Å²) in [5.41, 5.74) is 0.0510. The lowest BCUT2D eigenvalue weighted by atomic mass is 10.0. The Morgan fingerprint density at radius 1 is 0.917 bits per heavy atom. The molecule has 2 aliphatic carbocycles. The number of nitro groups is 1. The fourth-order valence-electron chi connectivity index (χ4n) is 5.19. The van der Waals surface area contributed by atoms with Crippen molar-refractivity contribution >= 4 is 40.0 Å². The van der Waals surface area contributed by atoms with Gasteiger partial charge in [-0.1, -0.05) is 49.6 Å². The van der Waals surface area contributed by atoms with Crippen molar-refractivity contribution in [3.8, 4) is 0 Å². The molecule has 0 unspecified atom stereocenters. The first kappa shape index (κ1) is 24.2. The van der Waals surface area contributed by atoms with Gasteiger partial charge in [0.25, 0.3) is 17.5 Å². The average molecular weight is 505 g/mol. The smallest absolute Gasteiger partial charge is 0.284 e. The van der Waals surface area contributed by atoms with Gasteiger partial charge in [0.05, 0.1) is 16.1 Å². The van der Waals surface area contributed by atoms with Gasteiger partial charge in [-0.3, -0.25) is 24.7 Å². The number of nitrogens with zero attached hydrogens (tertiary/aromatic N) is 2. The summed E-state index contributed by atoms with van der Waals surface area (Å²) in [4.78, 5) is 43.8. The van der Waals surface area contributed by atoms with Gasteiger partial charge < -0.3 is 10.6 Å². The molecule has 1 heterocycles. The number of aromatic nitrogens is 1. The van der Waals surface area contributed by atoms with E-state index in [0.717, 1.165) is 78.8 Å². The van der Waals surface area contributed by atoms with Crippen LogP contribution in [0.25, 0.3) is 10.8 Å². The Hall–Kier alpha value is -3.46. The van der Waals surface area contributed by atoms with E-state index in [-0.39, 0.29) is 39.7 Å². The summed E-state index contributed by atoms with van der Waals surface area (Å²) in [6.45, 7) is 0. The van der Waals surface area contributed by atoms with Crippen LogP contribution in [0.5, 0.6) is 0 Å². The molecule has 186 valence electrons. The van der Waals surface area contributed by atoms with Crippen molar-refractivity contribution in [3.05, 3.63) is 70.0 Å². The number of hydrogen-bond acceptors (Lipinski definition) is 6. The first-order chi connectivity index (χ1) is 17.5. The summed E-state index contributed by atoms with van der Waals surface area (Å²) in [5.74, 6) is -0.802. The molecule has 0 bridgehead atoms. The summed E-state index contributed by atoms with van der Waals surface area (Å²) < 4.78 is 0. The van der Waals surface area contributed by atoms with Crippen LogP contribution < -0.4 is 10.6 Å². The number of rotatable bonds is 7. The number of carbonyl (C=O) groups excluding carboxylic acids is 2. The van der Waals surface area contributed by atoms with E-state index in [9.17, 15) is 19.7 Å². The largest absolute Gasteiger partial charge is 0.349 e. The SMILES string of the molecule is O=C(NC1CCCC1)c1ccc([N+](=O)[O-])c(Sc2cccc3cnccc23)c1C(=O)NC1CCCC1. The van der Waals surface area contributed by atoms with Crippen LogP contribution in [0.4, 0.5) is 5.69 Å². The van der Waals surface area contributed by atoms with Gasteiger partial charge in [-0.15, -0.1) is 0 Å². The normalized spacial score (nSPS) is 16.3. The number of nitro benzene ring substituents is 1. The minimum atomic E-state index is -0.486. The van der Waals surface area contributed by atoms with Crippen molar-refractivity contribution in [3.63, 3.8) is 0 Å². The zero-order chi connectivity index (χ0) is 25.1. The van der Waals surface area contributed by atoms with E-state index in [1.165, 1.54) is 12.1 Å². The van der Waals surface area contributed by atoms with Crippen molar-refractivity contribution in [2.75, 3.05) is 0 Å². The molecule has 0 spiro atoms. The second kappa shape index (κ2) is 10.7. The highest BCUT2D eigenvalue weighted by molar-refractivity contribution is 7.99. The lowest BCUT2D eigenvalue weighted by Gasteiger charge is -2.19. The van der Waals surface area contributed by atoms with E-state index >= 15 is 0 Å². The highest BCUT2D eigenvalue weighted by Crippen LogP contribution is 2.42. The fraction of sp³-hybridized carbons (Fsp3) is 0.370. The topological polar surface area (TPSA) is 114 Å². The third-order valence-corrected chi connectivity index (χ3v) is 8.23. The standard InChI is InChI=1S/C27H28N4O4S/c32-26(29-18-7-1-2-8-18)21-12-13-22(31(34)35)25(24(21)27(33)30-19-9-3-4-10-19)36-23-11-5-6-17-16-28-15-14-20(17)23/h5-6,11-16,18-19H,1-4,7-10H2,(H,29,32)(H,30,33). The van der Waals surface area contributed by atoms with Crippen LogP contribution in [-0.2, 0) is 0 Å². The number of pyridine rings is 1. The van der Waals surface area contributed by atoms with E-state index in [1.54, 1.807) is 12.4 Å². The quantitative estimate of drug-likeness (QED) is 0.318.